The van der Waals surface area contributed by atoms with E-state index in [1.807, 2.05) is 53.2 Å². The number of amides is 3. The number of fused-ring (bicyclic) bond motifs is 1. The van der Waals surface area contributed by atoms with E-state index < -0.39 is 28.5 Å². The van der Waals surface area contributed by atoms with Crippen LogP contribution in [0.5, 0.6) is 0 Å². The van der Waals surface area contributed by atoms with Crippen molar-refractivity contribution in [2.45, 2.75) is 6.54 Å². The molecule has 0 unspecified atom stereocenters. The fraction of sp³-hybridized carbons (Fsp3) is 0.194. The molecular formula is C31H27N5O6S. The van der Waals surface area contributed by atoms with Crippen LogP contribution in [0.4, 0.5) is 21.9 Å². The van der Waals surface area contributed by atoms with Gasteiger partial charge in [0.2, 0.25) is 5.91 Å². The van der Waals surface area contributed by atoms with Gasteiger partial charge in [0.15, 0.2) is 0 Å². The topological polar surface area (TPSA) is 127 Å². The number of nitrogens with zero attached hydrogens (tertiary/aromatic N) is 4. The first-order chi connectivity index (χ1) is 20.9. The van der Waals surface area contributed by atoms with Gasteiger partial charge in [-0.1, -0.05) is 42.5 Å². The molecule has 0 spiro atoms. The number of thioether (sulfide) groups is 1. The summed E-state index contributed by atoms with van der Waals surface area (Å²) in [7, 11) is 0. The molecule has 3 heterocycles. The number of hydrogen-bond donors (Lipinski definition) is 1. The van der Waals surface area contributed by atoms with Crippen molar-refractivity contribution in [3.8, 4) is 0 Å². The number of anilines is 2. The molecule has 0 saturated carbocycles. The van der Waals surface area contributed by atoms with Crippen LogP contribution >= 0.6 is 11.8 Å². The largest absolute Gasteiger partial charge is 0.378 e. The first kappa shape index (κ1) is 28.2. The van der Waals surface area contributed by atoms with Gasteiger partial charge in [-0.15, -0.1) is 0 Å². The van der Waals surface area contributed by atoms with Crippen molar-refractivity contribution in [2.75, 3.05) is 43.1 Å². The molecule has 1 aromatic heterocycles. The fourth-order valence-corrected chi connectivity index (χ4v) is 6.04. The van der Waals surface area contributed by atoms with E-state index >= 15 is 0 Å². The summed E-state index contributed by atoms with van der Waals surface area (Å²) in [6, 6.07) is 21.5. The van der Waals surface area contributed by atoms with Gasteiger partial charge in [0.1, 0.15) is 6.54 Å². The number of imide groups is 1. The van der Waals surface area contributed by atoms with Gasteiger partial charge in [-0.25, -0.2) is 0 Å². The Labute approximate surface area is 250 Å². The van der Waals surface area contributed by atoms with E-state index in [1.165, 1.54) is 12.1 Å². The van der Waals surface area contributed by atoms with Crippen LogP contribution in [-0.4, -0.2) is 64.3 Å². The lowest BCUT2D eigenvalue weighted by Crippen LogP contribution is -2.38. The van der Waals surface area contributed by atoms with Gasteiger partial charge in [-0.2, -0.15) is 0 Å². The van der Waals surface area contributed by atoms with E-state index in [0.717, 1.165) is 44.4 Å². The lowest BCUT2D eigenvalue weighted by molar-refractivity contribution is -0.384. The highest BCUT2D eigenvalue weighted by Gasteiger charge is 2.36. The summed E-state index contributed by atoms with van der Waals surface area (Å²) in [5.41, 5.74) is 4.01. The zero-order valence-electron chi connectivity index (χ0n) is 23.0. The number of rotatable bonds is 8. The number of hydrogen-bond acceptors (Lipinski definition) is 8. The van der Waals surface area contributed by atoms with Crippen molar-refractivity contribution in [1.29, 1.82) is 0 Å². The second-order valence-corrected chi connectivity index (χ2v) is 11.1. The predicted molar refractivity (Wildman–Crippen MR) is 165 cm³/mol. The number of para-hydroxylation sites is 3. The Kier molecular flexibility index (Phi) is 7.95. The molecule has 0 aliphatic carbocycles. The number of aromatic nitrogens is 1. The number of nitro benzene ring substituents is 1. The SMILES string of the molecule is O=C(CN1C(=O)S/C(=C\c2cn(Cc3ccc([N+](=O)[O-])cc3)c3ccccc23)C1=O)Nc1ccccc1N1CCOCC1. The highest BCUT2D eigenvalue weighted by Crippen LogP contribution is 2.34. The Balaban J connectivity index is 1.19. The number of morpholine rings is 1. The average molecular weight is 598 g/mol. The maximum absolute atomic E-state index is 13.3. The number of nitro groups is 1. The van der Waals surface area contributed by atoms with E-state index in [9.17, 15) is 24.5 Å². The summed E-state index contributed by atoms with van der Waals surface area (Å²) in [6.45, 7) is 2.65. The highest BCUT2D eigenvalue weighted by molar-refractivity contribution is 8.18. The Bertz CT molecular complexity index is 1760. The maximum atomic E-state index is 13.3. The number of carbonyl (C=O) groups excluding carboxylic acids is 3. The van der Waals surface area contributed by atoms with Crippen molar-refractivity contribution in [2.24, 2.45) is 0 Å². The van der Waals surface area contributed by atoms with Crippen molar-refractivity contribution >= 4 is 62.9 Å². The number of carbonyl (C=O) groups is 3. The van der Waals surface area contributed by atoms with Gasteiger partial charge < -0.3 is 19.5 Å². The molecule has 11 nitrogen and oxygen atoms in total. The lowest BCUT2D eigenvalue weighted by atomic mass is 10.1. The minimum atomic E-state index is -0.529. The van der Waals surface area contributed by atoms with Crippen LogP contribution in [0.25, 0.3) is 17.0 Å². The summed E-state index contributed by atoms with van der Waals surface area (Å²) < 4.78 is 7.42. The zero-order chi connectivity index (χ0) is 29.9. The van der Waals surface area contributed by atoms with Crippen LogP contribution < -0.4 is 10.2 Å². The monoisotopic (exact) mass is 597 g/mol. The maximum Gasteiger partial charge on any atom is 0.294 e. The number of non-ortho nitro benzene ring substituents is 1. The van der Waals surface area contributed by atoms with Crippen molar-refractivity contribution in [3.63, 3.8) is 0 Å². The fourth-order valence-electron chi connectivity index (χ4n) is 5.21. The molecule has 43 heavy (non-hydrogen) atoms. The lowest BCUT2D eigenvalue weighted by Gasteiger charge is -2.30. The molecule has 2 aliphatic rings. The van der Waals surface area contributed by atoms with Crippen LogP contribution in [0.15, 0.2) is 83.9 Å². The first-order valence-electron chi connectivity index (χ1n) is 13.7. The van der Waals surface area contributed by atoms with Crippen LogP contribution in [0.2, 0.25) is 0 Å². The molecule has 12 heteroatoms. The summed E-state index contributed by atoms with van der Waals surface area (Å²) in [5.74, 6) is -0.997. The van der Waals surface area contributed by atoms with Gasteiger partial charge in [-0.05, 0) is 41.6 Å². The van der Waals surface area contributed by atoms with Gasteiger partial charge in [-0.3, -0.25) is 29.4 Å². The third-order valence-electron chi connectivity index (χ3n) is 7.31. The Morgan fingerprint density at radius 2 is 1.72 bits per heavy atom. The summed E-state index contributed by atoms with van der Waals surface area (Å²) in [4.78, 5) is 53.0. The minimum Gasteiger partial charge on any atom is -0.378 e. The number of benzene rings is 3. The zero-order valence-corrected chi connectivity index (χ0v) is 23.8. The molecule has 2 fully saturated rings. The second kappa shape index (κ2) is 12.1. The van der Waals surface area contributed by atoms with Gasteiger partial charge in [0.05, 0.1) is 34.4 Å². The summed E-state index contributed by atoms with van der Waals surface area (Å²) >= 11 is 0.800. The number of ether oxygens (including phenoxy) is 1. The van der Waals surface area contributed by atoms with Crippen LogP contribution in [0.1, 0.15) is 11.1 Å². The molecule has 6 rings (SSSR count). The molecule has 3 amide bonds. The molecule has 1 N–H and O–H groups in total. The van der Waals surface area contributed by atoms with Crippen LogP contribution in [-0.2, 0) is 20.9 Å². The first-order valence-corrected chi connectivity index (χ1v) is 14.5. The molecule has 2 aliphatic heterocycles. The van der Waals surface area contributed by atoms with Gasteiger partial charge in [0, 0.05) is 54.4 Å². The smallest absolute Gasteiger partial charge is 0.294 e. The van der Waals surface area contributed by atoms with E-state index in [4.69, 9.17) is 4.74 Å². The average Bonchev–Trinajstić information content (AvgIpc) is 3.49. The molecule has 0 radical (unpaired) electrons. The molecule has 0 bridgehead atoms. The van der Waals surface area contributed by atoms with E-state index in [0.29, 0.717) is 38.5 Å². The Morgan fingerprint density at radius 3 is 2.49 bits per heavy atom. The molecule has 2 saturated heterocycles. The van der Waals surface area contributed by atoms with Gasteiger partial charge in [0.25, 0.3) is 16.8 Å². The molecule has 4 aromatic rings. The Morgan fingerprint density at radius 1 is 1.00 bits per heavy atom. The van der Waals surface area contributed by atoms with Crippen LogP contribution in [0.3, 0.4) is 0 Å². The minimum absolute atomic E-state index is 0.0209. The third kappa shape index (κ3) is 6.01. The van der Waals surface area contributed by atoms with Gasteiger partial charge >= 0.3 is 0 Å². The third-order valence-corrected chi connectivity index (χ3v) is 8.22. The second-order valence-electron chi connectivity index (χ2n) is 10.1. The molecule has 0 atom stereocenters. The van der Waals surface area contributed by atoms with Crippen molar-refractivity contribution in [1.82, 2.24) is 9.47 Å². The molecule has 218 valence electrons. The van der Waals surface area contributed by atoms with E-state index in [1.54, 1.807) is 24.3 Å². The standard InChI is InChI=1S/C31H27N5O6S/c37-29(32-25-6-2-4-8-27(25)33-13-15-42-16-14-33)20-35-30(38)28(43-31(35)39)17-22-19-34(26-7-3-1-5-24(22)26)18-21-9-11-23(12-10-21)36(40)41/h1-12,17,19H,13-16,18,20H2,(H,32,37)/b28-17-. The van der Waals surface area contributed by atoms with Crippen molar-refractivity contribution < 1.29 is 24.0 Å². The summed E-state index contributed by atoms with van der Waals surface area (Å²) in [6.07, 6.45) is 3.56. The quantitative estimate of drug-likeness (QED) is 0.169. The van der Waals surface area contributed by atoms with Crippen molar-refractivity contribution in [3.05, 3.63) is 105 Å². The van der Waals surface area contributed by atoms with E-state index in [2.05, 4.69) is 10.2 Å². The molecule has 3 aromatic carbocycles. The summed E-state index contributed by atoms with van der Waals surface area (Å²) in [5, 5.41) is 14.2. The predicted octanol–water partition coefficient (Wildman–Crippen LogP) is 5.11. The number of nitrogens with one attached hydrogen (secondary N) is 1. The Hall–Kier alpha value is -4.94. The van der Waals surface area contributed by atoms with E-state index in [-0.39, 0.29) is 10.6 Å². The normalized spacial score (nSPS) is 16.3. The molecular weight excluding hydrogens is 570 g/mol. The highest BCUT2D eigenvalue weighted by atomic mass is 32.2. The van der Waals surface area contributed by atoms with Crippen LogP contribution in [0, 0.1) is 10.1 Å².